The first-order valence-electron chi connectivity index (χ1n) is 8.15. The summed E-state index contributed by atoms with van der Waals surface area (Å²) in [7, 11) is 0. The first-order valence-corrected chi connectivity index (χ1v) is 8.15. The summed E-state index contributed by atoms with van der Waals surface area (Å²) in [4.78, 5) is 24.2. The van der Waals surface area contributed by atoms with E-state index < -0.39 is 11.8 Å². The van der Waals surface area contributed by atoms with Gasteiger partial charge in [-0.3, -0.25) is 9.59 Å². The summed E-state index contributed by atoms with van der Waals surface area (Å²) in [5.41, 5.74) is 2.53. The summed E-state index contributed by atoms with van der Waals surface area (Å²) in [5, 5.41) is 14.4. The lowest BCUT2D eigenvalue weighted by Crippen LogP contribution is -2.41. The van der Waals surface area contributed by atoms with Gasteiger partial charge in [-0.25, -0.2) is 0 Å². The fourth-order valence-electron chi connectivity index (χ4n) is 2.36. The normalized spacial score (nSPS) is 11.2. The quantitative estimate of drug-likeness (QED) is 0.674. The molecule has 0 bridgehead atoms. The van der Waals surface area contributed by atoms with E-state index in [1.165, 1.54) is 0 Å². The second-order valence-electron chi connectivity index (χ2n) is 6.43. The van der Waals surface area contributed by atoms with Crippen molar-refractivity contribution < 1.29 is 14.7 Å². The summed E-state index contributed by atoms with van der Waals surface area (Å²) in [5.74, 6) is -1.30. The van der Waals surface area contributed by atoms with E-state index in [1.807, 2.05) is 45.9 Å². The second-order valence-corrected chi connectivity index (χ2v) is 6.43. The van der Waals surface area contributed by atoms with Crippen LogP contribution in [0.25, 0.3) is 0 Å². The fourth-order valence-corrected chi connectivity index (χ4v) is 2.36. The van der Waals surface area contributed by atoms with Gasteiger partial charge in [-0.1, -0.05) is 45.9 Å². The topological polar surface area (TPSA) is 78.4 Å². The molecule has 0 aliphatic carbocycles. The van der Waals surface area contributed by atoms with E-state index in [0.717, 1.165) is 29.7 Å². The third-order valence-corrected chi connectivity index (χ3v) is 3.96. The van der Waals surface area contributed by atoms with Crippen LogP contribution in [0.2, 0.25) is 0 Å². The van der Waals surface area contributed by atoms with E-state index in [2.05, 4.69) is 10.6 Å². The molecule has 0 unspecified atom stereocenters. The number of hydrogen-bond acceptors (Lipinski definition) is 3. The maximum Gasteiger partial charge on any atom is 0.313 e. The van der Waals surface area contributed by atoms with Crippen molar-refractivity contribution in [3.8, 4) is 0 Å². The molecule has 128 valence electrons. The minimum Gasteiger partial charge on any atom is -0.396 e. The lowest BCUT2D eigenvalue weighted by atomic mass is 9.90. The van der Waals surface area contributed by atoms with Gasteiger partial charge in [0.15, 0.2) is 0 Å². The van der Waals surface area contributed by atoms with Crippen molar-refractivity contribution in [1.29, 1.82) is 0 Å². The highest BCUT2D eigenvalue weighted by Gasteiger charge is 2.22. The van der Waals surface area contributed by atoms with Gasteiger partial charge in [0, 0.05) is 18.8 Å². The van der Waals surface area contributed by atoms with Crippen LogP contribution in [0, 0.1) is 5.41 Å². The Balaban J connectivity index is 2.75. The Morgan fingerprint density at radius 3 is 2.13 bits per heavy atom. The van der Waals surface area contributed by atoms with Crippen molar-refractivity contribution in [3.05, 3.63) is 29.3 Å². The molecule has 0 radical (unpaired) electrons. The number of carbonyl (C=O) groups is 2. The van der Waals surface area contributed by atoms with Crippen molar-refractivity contribution in [2.24, 2.45) is 5.41 Å². The number of nitrogens with one attached hydrogen (secondary N) is 2. The molecule has 2 amide bonds. The predicted molar refractivity (Wildman–Crippen MR) is 92.3 cm³/mol. The highest BCUT2D eigenvalue weighted by atomic mass is 16.3. The molecule has 5 heteroatoms. The molecule has 0 saturated heterocycles. The van der Waals surface area contributed by atoms with Crippen LogP contribution >= 0.6 is 0 Å². The van der Waals surface area contributed by atoms with Crippen LogP contribution < -0.4 is 10.6 Å². The molecular weight excluding hydrogens is 292 g/mol. The highest BCUT2D eigenvalue weighted by Crippen LogP contribution is 2.22. The summed E-state index contributed by atoms with van der Waals surface area (Å²) < 4.78 is 0. The van der Waals surface area contributed by atoms with Crippen molar-refractivity contribution in [2.75, 3.05) is 18.5 Å². The number of anilines is 1. The smallest absolute Gasteiger partial charge is 0.313 e. The predicted octanol–water partition coefficient (Wildman–Crippen LogP) is 2.27. The number of benzene rings is 1. The van der Waals surface area contributed by atoms with Crippen molar-refractivity contribution in [3.63, 3.8) is 0 Å². The summed E-state index contributed by atoms with van der Waals surface area (Å²) in [6, 6.07) is 5.87. The molecule has 0 aliphatic rings. The van der Waals surface area contributed by atoms with Crippen LogP contribution in [0.15, 0.2) is 18.2 Å². The Labute approximate surface area is 138 Å². The van der Waals surface area contributed by atoms with Gasteiger partial charge in [0.1, 0.15) is 0 Å². The number of rotatable bonds is 7. The molecule has 0 saturated carbocycles. The lowest BCUT2D eigenvalue weighted by Gasteiger charge is -2.23. The fraction of sp³-hybridized carbons (Fsp3) is 0.556. The largest absolute Gasteiger partial charge is 0.396 e. The van der Waals surface area contributed by atoms with E-state index in [9.17, 15) is 9.59 Å². The van der Waals surface area contributed by atoms with Gasteiger partial charge in [0.2, 0.25) is 0 Å². The van der Waals surface area contributed by atoms with E-state index in [-0.39, 0.29) is 12.0 Å². The van der Waals surface area contributed by atoms with Crippen LogP contribution in [-0.2, 0) is 22.4 Å². The van der Waals surface area contributed by atoms with Gasteiger partial charge in [-0.2, -0.15) is 0 Å². The van der Waals surface area contributed by atoms with E-state index in [1.54, 1.807) is 0 Å². The van der Waals surface area contributed by atoms with Gasteiger partial charge < -0.3 is 15.7 Å². The lowest BCUT2D eigenvalue weighted by molar-refractivity contribution is -0.136. The van der Waals surface area contributed by atoms with Gasteiger partial charge in [-0.05, 0) is 35.8 Å². The monoisotopic (exact) mass is 320 g/mol. The van der Waals surface area contributed by atoms with Crippen LogP contribution in [0.5, 0.6) is 0 Å². The number of aliphatic hydroxyl groups is 1. The second kappa shape index (κ2) is 8.67. The first kappa shape index (κ1) is 19.2. The number of amides is 2. The average molecular weight is 320 g/mol. The molecule has 0 heterocycles. The van der Waals surface area contributed by atoms with Crippen LogP contribution in [-0.4, -0.2) is 30.1 Å². The Bertz CT molecular complexity index is 531. The molecule has 0 aliphatic heterocycles. The van der Waals surface area contributed by atoms with Gasteiger partial charge in [-0.15, -0.1) is 0 Å². The standard InChI is InChI=1S/C18H28N2O3/c1-5-13-8-7-9-14(6-2)15(13)20-17(23)16(22)19-12-18(3,4)10-11-21/h7-9,21H,5-6,10-12H2,1-4H3,(H,19,22)(H,20,23). The van der Waals surface area contributed by atoms with Crippen LogP contribution in [0.4, 0.5) is 5.69 Å². The minimum absolute atomic E-state index is 0.0544. The van der Waals surface area contributed by atoms with Crippen LogP contribution in [0.3, 0.4) is 0 Å². The van der Waals surface area contributed by atoms with E-state index in [4.69, 9.17) is 5.11 Å². The summed E-state index contributed by atoms with van der Waals surface area (Å²) in [6.45, 7) is 8.30. The molecule has 0 spiro atoms. The third-order valence-electron chi connectivity index (χ3n) is 3.96. The van der Waals surface area contributed by atoms with Gasteiger partial charge in [0.05, 0.1) is 0 Å². The van der Waals surface area contributed by atoms with Gasteiger partial charge in [0.25, 0.3) is 0 Å². The third kappa shape index (κ3) is 5.67. The number of para-hydroxylation sites is 1. The number of hydrogen-bond donors (Lipinski definition) is 3. The van der Waals surface area contributed by atoms with Crippen molar-refractivity contribution >= 4 is 17.5 Å². The zero-order chi connectivity index (χ0) is 17.5. The first-order chi connectivity index (χ1) is 10.8. The zero-order valence-corrected chi connectivity index (χ0v) is 14.5. The Hall–Kier alpha value is -1.88. The number of aryl methyl sites for hydroxylation is 2. The Kier molecular flexibility index (Phi) is 7.23. The molecule has 5 nitrogen and oxygen atoms in total. The Morgan fingerprint density at radius 1 is 1.09 bits per heavy atom. The molecule has 1 rings (SSSR count). The van der Waals surface area contributed by atoms with Crippen molar-refractivity contribution in [2.45, 2.75) is 47.0 Å². The van der Waals surface area contributed by atoms with Crippen molar-refractivity contribution in [1.82, 2.24) is 5.32 Å². The zero-order valence-electron chi connectivity index (χ0n) is 14.5. The summed E-state index contributed by atoms with van der Waals surface area (Å²) >= 11 is 0. The molecule has 3 N–H and O–H groups in total. The molecule has 23 heavy (non-hydrogen) atoms. The minimum atomic E-state index is -0.652. The van der Waals surface area contributed by atoms with Crippen LogP contribution in [0.1, 0.15) is 45.2 Å². The summed E-state index contributed by atoms with van der Waals surface area (Å²) in [6.07, 6.45) is 2.14. The maximum atomic E-state index is 12.2. The molecule has 1 aromatic carbocycles. The number of carbonyl (C=O) groups excluding carboxylic acids is 2. The average Bonchev–Trinajstić information content (AvgIpc) is 2.52. The highest BCUT2D eigenvalue weighted by molar-refractivity contribution is 6.39. The number of aliphatic hydroxyl groups excluding tert-OH is 1. The maximum absolute atomic E-state index is 12.2. The molecule has 0 atom stereocenters. The molecular formula is C18H28N2O3. The molecule has 1 aromatic rings. The van der Waals surface area contributed by atoms with E-state index >= 15 is 0 Å². The van der Waals surface area contributed by atoms with Gasteiger partial charge >= 0.3 is 11.8 Å². The molecule has 0 aromatic heterocycles. The Morgan fingerprint density at radius 2 is 1.65 bits per heavy atom. The van der Waals surface area contributed by atoms with E-state index in [0.29, 0.717) is 13.0 Å². The SMILES string of the molecule is CCc1cccc(CC)c1NC(=O)C(=O)NCC(C)(C)CCO. The molecule has 0 fully saturated rings.